The molecule has 1 amide bonds. The number of hydrogen-bond acceptors (Lipinski definition) is 4. The number of hydrogen-bond donors (Lipinski definition) is 3. The Morgan fingerprint density at radius 3 is 2.30 bits per heavy atom. The quantitative estimate of drug-likeness (QED) is 0.538. The molecule has 0 saturated heterocycles. The monoisotopic (exact) mass is 308 g/mol. The second-order valence-corrected chi connectivity index (χ2v) is 6.65. The normalized spacial score (nSPS) is 14.6. The van der Waals surface area contributed by atoms with E-state index < -0.39 is 27.9 Å². The van der Waals surface area contributed by atoms with E-state index in [1.807, 2.05) is 6.92 Å². The van der Waals surface area contributed by atoms with Gasteiger partial charge in [0.15, 0.2) is 0 Å². The van der Waals surface area contributed by atoms with Gasteiger partial charge < -0.3 is 10.4 Å². The molecule has 0 saturated carbocycles. The fourth-order valence-corrected chi connectivity index (χ4v) is 2.96. The Bertz CT molecular complexity index is 422. The maximum atomic E-state index is 11.7. The van der Waals surface area contributed by atoms with E-state index in [1.54, 1.807) is 6.92 Å². The number of carboxylic acids is 1. The van der Waals surface area contributed by atoms with E-state index >= 15 is 0 Å². The van der Waals surface area contributed by atoms with E-state index in [0.29, 0.717) is 12.8 Å². The summed E-state index contributed by atoms with van der Waals surface area (Å²) in [6, 6.07) is -0.867. The molecule has 0 rings (SSSR count). The molecule has 3 N–H and O–H groups in total. The van der Waals surface area contributed by atoms with Crippen LogP contribution in [0.1, 0.15) is 40.0 Å². The third kappa shape index (κ3) is 8.11. The Morgan fingerprint density at radius 2 is 1.85 bits per heavy atom. The van der Waals surface area contributed by atoms with E-state index in [2.05, 4.69) is 10.0 Å². The molecule has 0 radical (unpaired) electrons. The Labute approximate surface area is 120 Å². The van der Waals surface area contributed by atoms with Gasteiger partial charge in [-0.1, -0.05) is 20.3 Å². The SMILES string of the molecule is CCCS(=O)(=O)NC(C)C(=O)NCC(CC)CC(=O)O. The highest BCUT2D eigenvalue weighted by Gasteiger charge is 2.20. The van der Waals surface area contributed by atoms with Crippen LogP contribution in [-0.4, -0.2) is 43.7 Å². The lowest BCUT2D eigenvalue weighted by molar-refractivity contribution is -0.138. The number of sulfonamides is 1. The van der Waals surface area contributed by atoms with Gasteiger partial charge >= 0.3 is 5.97 Å². The second-order valence-electron chi connectivity index (χ2n) is 4.78. The van der Waals surface area contributed by atoms with Gasteiger partial charge in [-0.2, -0.15) is 0 Å². The van der Waals surface area contributed by atoms with Gasteiger partial charge in [-0.25, -0.2) is 13.1 Å². The Morgan fingerprint density at radius 1 is 1.25 bits per heavy atom. The van der Waals surface area contributed by atoms with Gasteiger partial charge in [0.05, 0.1) is 11.8 Å². The van der Waals surface area contributed by atoms with Crippen molar-refractivity contribution < 1.29 is 23.1 Å². The minimum absolute atomic E-state index is 0.0211. The van der Waals surface area contributed by atoms with Crippen molar-refractivity contribution in [3.8, 4) is 0 Å². The van der Waals surface area contributed by atoms with Crippen molar-refractivity contribution in [2.45, 2.75) is 46.1 Å². The summed E-state index contributed by atoms with van der Waals surface area (Å²) in [6.07, 6.45) is 1.08. The molecule has 0 aromatic carbocycles. The fourth-order valence-electron chi connectivity index (χ4n) is 1.66. The van der Waals surface area contributed by atoms with Crippen LogP contribution in [0.5, 0.6) is 0 Å². The molecule has 2 atom stereocenters. The molecule has 0 spiro atoms. The maximum Gasteiger partial charge on any atom is 0.303 e. The number of amides is 1. The highest BCUT2D eigenvalue weighted by Crippen LogP contribution is 2.06. The predicted molar refractivity (Wildman–Crippen MR) is 75.7 cm³/mol. The van der Waals surface area contributed by atoms with Gasteiger partial charge in [0.25, 0.3) is 0 Å². The molecule has 20 heavy (non-hydrogen) atoms. The molecule has 0 heterocycles. The number of carbonyl (C=O) groups is 2. The number of carbonyl (C=O) groups excluding carboxylic acids is 1. The van der Waals surface area contributed by atoms with Gasteiger partial charge in [-0.05, 0) is 19.3 Å². The fraction of sp³-hybridized carbons (Fsp3) is 0.833. The summed E-state index contributed by atoms with van der Waals surface area (Å²) in [5.41, 5.74) is 0. The van der Waals surface area contributed by atoms with Crippen LogP contribution in [0.4, 0.5) is 0 Å². The first-order valence-electron chi connectivity index (χ1n) is 6.71. The van der Waals surface area contributed by atoms with E-state index in [1.165, 1.54) is 6.92 Å². The summed E-state index contributed by atoms with van der Waals surface area (Å²) in [7, 11) is -3.44. The van der Waals surface area contributed by atoms with Crippen molar-refractivity contribution in [1.82, 2.24) is 10.0 Å². The van der Waals surface area contributed by atoms with E-state index in [-0.39, 0.29) is 24.6 Å². The largest absolute Gasteiger partial charge is 0.481 e. The first kappa shape index (κ1) is 18.9. The maximum absolute atomic E-state index is 11.7. The predicted octanol–water partition coefficient (Wildman–Crippen LogP) is 0.321. The number of rotatable bonds is 10. The van der Waals surface area contributed by atoms with Gasteiger partial charge in [-0.3, -0.25) is 9.59 Å². The summed E-state index contributed by atoms with van der Waals surface area (Å²) < 4.78 is 25.3. The summed E-state index contributed by atoms with van der Waals surface area (Å²) in [6.45, 7) is 5.26. The smallest absolute Gasteiger partial charge is 0.303 e. The van der Waals surface area contributed by atoms with Crippen LogP contribution in [-0.2, 0) is 19.6 Å². The van der Waals surface area contributed by atoms with Gasteiger partial charge in [-0.15, -0.1) is 0 Å². The van der Waals surface area contributed by atoms with Gasteiger partial charge in [0.2, 0.25) is 15.9 Å². The topological polar surface area (TPSA) is 113 Å². The Kier molecular flexibility index (Phi) is 8.40. The van der Waals surface area contributed by atoms with Crippen LogP contribution in [0, 0.1) is 5.92 Å². The van der Waals surface area contributed by atoms with Crippen LogP contribution in [0.2, 0.25) is 0 Å². The van der Waals surface area contributed by atoms with E-state index in [0.717, 1.165) is 0 Å². The number of nitrogens with one attached hydrogen (secondary N) is 2. The first-order chi connectivity index (χ1) is 9.21. The van der Waals surface area contributed by atoms with Crippen LogP contribution in [0.15, 0.2) is 0 Å². The van der Waals surface area contributed by atoms with Crippen molar-refractivity contribution in [2.24, 2.45) is 5.92 Å². The second kappa shape index (κ2) is 8.91. The highest BCUT2D eigenvalue weighted by molar-refractivity contribution is 7.89. The molecular weight excluding hydrogens is 284 g/mol. The first-order valence-corrected chi connectivity index (χ1v) is 8.36. The van der Waals surface area contributed by atoms with Gasteiger partial charge in [0, 0.05) is 13.0 Å². The van der Waals surface area contributed by atoms with Crippen LogP contribution >= 0.6 is 0 Å². The Balaban J connectivity index is 4.29. The van der Waals surface area contributed by atoms with Crippen molar-refractivity contribution in [2.75, 3.05) is 12.3 Å². The van der Waals surface area contributed by atoms with Crippen molar-refractivity contribution >= 4 is 21.9 Å². The highest BCUT2D eigenvalue weighted by atomic mass is 32.2. The summed E-state index contributed by atoms with van der Waals surface area (Å²) in [5, 5.41) is 11.3. The minimum atomic E-state index is -3.44. The average Bonchev–Trinajstić information content (AvgIpc) is 2.32. The number of carboxylic acid groups (broad SMARTS) is 1. The zero-order valence-electron chi connectivity index (χ0n) is 12.2. The molecule has 0 fully saturated rings. The van der Waals surface area contributed by atoms with Crippen LogP contribution in [0.3, 0.4) is 0 Å². The molecular formula is C12H24N2O5S. The van der Waals surface area contributed by atoms with E-state index in [9.17, 15) is 18.0 Å². The van der Waals surface area contributed by atoms with Crippen LogP contribution < -0.4 is 10.0 Å². The minimum Gasteiger partial charge on any atom is -0.481 e. The van der Waals surface area contributed by atoms with Crippen molar-refractivity contribution in [3.05, 3.63) is 0 Å². The van der Waals surface area contributed by atoms with Crippen LogP contribution in [0.25, 0.3) is 0 Å². The van der Waals surface area contributed by atoms with Crippen molar-refractivity contribution in [3.63, 3.8) is 0 Å². The van der Waals surface area contributed by atoms with E-state index in [4.69, 9.17) is 5.11 Å². The zero-order valence-corrected chi connectivity index (χ0v) is 13.0. The Hall–Kier alpha value is -1.15. The number of aliphatic carboxylic acids is 1. The average molecular weight is 308 g/mol. The van der Waals surface area contributed by atoms with Gasteiger partial charge in [0.1, 0.15) is 0 Å². The summed E-state index contributed by atoms with van der Waals surface area (Å²) in [5.74, 6) is -1.55. The molecule has 118 valence electrons. The summed E-state index contributed by atoms with van der Waals surface area (Å²) >= 11 is 0. The molecule has 0 aliphatic carbocycles. The molecule has 2 unspecified atom stereocenters. The molecule has 0 bridgehead atoms. The molecule has 0 aromatic rings. The third-order valence-electron chi connectivity index (χ3n) is 2.83. The lowest BCUT2D eigenvalue weighted by Gasteiger charge is -2.17. The third-order valence-corrected chi connectivity index (χ3v) is 4.49. The molecule has 8 heteroatoms. The summed E-state index contributed by atoms with van der Waals surface area (Å²) in [4.78, 5) is 22.3. The standard InChI is InChI=1S/C12H24N2O5S/c1-4-6-20(18,19)14-9(3)12(17)13-8-10(5-2)7-11(15)16/h9-10,14H,4-8H2,1-3H3,(H,13,17)(H,15,16). The van der Waals surface area contributed by atoms with Crippen molar-refractivity contribution in [1.29, 1.82) is 0 Å². The molecule has 7 nitrogen and oxygen atoms in total. The molecule has 0 aliphatic rings. The zero-order chi connectivity index (χ0) is 15.8. The molecule has 0 aliphatic heterocycles. The molecule has 0 aromatic heterocycles. The lowest BCUT2D eigenvalue weighted by Crippen LogP contribution is -2.46. The lowest BCUT2D eigenvalue weighted by atomic mass is 10.0.